The van der Waals surface area contributed by atoms with Gasteiger partial charge in [-0.3, -0.25) is 9.79 Å². The molecule has 1 aromatic carbocycles. The van der Waals surface area contributed by atoms with Crippen molar-refractivity contribution in [3.8, 4) is 5.75 Å². The number of benzene rings is 1. The summed E-state index contributed by atoms with van der Waals surface area (Å²) in [7, 11) is 0. The lowest BCUT2D eigenvalue weighted by Crippen LogP contribution is -2.43. The molecule has 30 heavy (non-hydrogen) atoms. The van der Waals surface area contributed by atoms with Crippen LogP contribution in [-0.2, 0) is 10.3 Å². The van der Waals surface area contributed by atoms with E-state index in [1.807, 2.05) is 6.92 Å². The van der Waals surface area contributed by atoms with Crippen LogP contribution < -0.4 is 10.1 Å². The van der Waals surface area contributed by atoms with E-state index in [1.165, 1.54) is 30.3 Å². The van der Waals surface area contributed by atoms with Gasteiger partial charge in [-0.05, 0) is 49.4 Å². The average Bonchev–Trinajstić information content (AvgIpc) is 2.75. The second kappa shape index (κ2) is 9.25. The molecule has 2 aromatic rings. The highest BCUT2D eigenvalue weighted by Gasteiger charge is 2.43. The Balaban J connectivity index is 1.84. The third-order valence-electron chi connectivity index (χ3n) is 5.27. The third-order valence-corrected chi connectivity index (χ3v) is 5.27. The number of ether oxygens (including phenoxy) is 2. The molecule has 1 amide bonds. The monoisotopic (exact) mass is 421 g/mol. The number of halogens is 3. The molecular formula is C21H22F3N3O3. The topological polar surface area (TPSA) is 72.8 Å². The minimum Gasteiger partial charge on any atom is -0.433 e. The molecule has 1 aliphatic heterocycles. The summed E-state index contributed by atoms with van der Waals surface area (Å²) in [6, 6.07) is 6.67. The van der Waals surface area contributed by atoms with Crippen molar-refractivity contribution in [1.82, 2.24) is 4.98 Å². The van der Waals surface area contributed by atoms with Gasteiger partial charge < -0.3 is 14.8 Å². The van der Waals surface area contributed by atoms with Crippen LogP contribution in [0.3, 0.4) is 0 Å². The number of aliphatic imine (C=N–C) groups is 1. The first-order chi connectivity index (χ1) is 14.4. The molecule has 0 saturated carbocycles. The van der Waals surface area contributed by atoms with Crippen molar-refractivity contribution >= 4 is 18.3 Å². The second-order valence-electron chi connectivity index (χ2n) is 6.94. The van der Waals surface area contributed by atoms with E-state index in [9.17, 15) is 18.0 Å². The number of amides is 1. The van der Waals surface area contributed by atoms with Gasteiger partial charge in [-0.15, -0.1) is 0 Å². The first kappa shape index (κ1) is 21.8. The standard InChI is InChI=1S/C21H22F3N3O3/c1-3-13-8-9-29-12-21(13,25-2)16-10-14(4-6-17(16)22)27-19(28)18-7-5-15(11-26-18)30-20(23)24/h4-7,10-11,13,20H,2-3,8-9,12H2,1H3,(H,27,28). The molecule has 0 aliphatic carbocycles. The zero-order chi connectivity index (χ0) is 21.7. The molecular weight excluding hydrogens is 399 g/mol. The van der Waals surface area contributed by atoms with Crippen LogP contribution in [0.25, 0.3) is 0 Å². The molecule has 0 radical (unpaired) electrons. The number of hydrogen-bond donors (Lipinski definition) is 1. The fraction of sp³-hybridized carbons (Fsp3) is 0.381. The summed E-state index contributed by atoms with van der Waals surface area (Å²) in [5, 5.41) is 2.64. The SMILES string of the molecule is C=NC1(c2cc(NC(=O)c3ccc(OC(F)F)cn3)ccc2F)COCCC1CC. The molecule has 0 spiro atoms. The Morgan fingerprint density at radius 3 is 2.87 bits per heavy atom. The van der Waals surface area contributed by atoms with Crippen molar-refractivity contribution in [2.75, 3.05) is 18.5 Å². The maximum atomic E-state index is 14.8. The Kier molecular flexibility index (Phi) is 6.71. The van der Waals surface area contributed by atoms with Crippen LogP contribution in [0, 0.1) is 11.7 Å². The van der Waals surface area contributed by atoms with Gasteiger partial charge >= 0.3 is 6.61 Å². The predicted octanol–water partition coefficient (Wildman–Crippen LogP) is 4.42. The normalized spacial score (nSPS) is 21.3. The van der Waals surface area contributed by atoms with Crippen LogP contribution in [0.4, 0.5) is 18.9 Å². The van der Waals surface area contributed by atoms with Crippen LogP contribution in [0.1, 0.15) is 35.8 Å². The summed E-state index contributed by atoms with van der Waals surface area (Å²) in [4.78, 5) is 20.6. The van der Waals surface area contributed by atoms with Crippen LogP contribution in [0.2, 0.25) is 0 Å². The fourth-order valence-electron chi connectivity index (χ4n) is 3.73. The molecule has 2 unspecified atom stereocenters. The van der Waals surface area contributed by atoms with Gasteiger partial charge in [0.25, 0.3) is 5.91 Å². The fourth-order valence-corrected chi connectivity index (χ4v) is 3.73. The first-order valence-electron chi connectivity index (χ1n) is 9.47. The third kappa shape index (κ3) is 4.46. The van der Waals surface area contributed by atoms with Crippen LogP contribution >= 0.6 is 0 Å². The molecule has 1 N–H and O–H groups in total. The summed E-state index contributed by atoms with van der Waals surface area (Å²) in [6.07, 6.45) is 2.52. The lowest BCUT2D eigenvalue weighted by atomic mass is 9.74. The highest BCUT2D eigenvalue weighted by Crippen LogP contribution is 2.42. The summed E-state index contributed by atoms with van der Waals surface area (Å²) < 4.78 is 49.0. The molecule has 1 fully saturated rings. The largest absolute Gasteiger partial charge is 0.433 e. The molecule has 2 heterocycles. The van der Waals surface area contributed by atoms with Gasteiger partial charge in [0.05, 0.1) is 12.8 Å². The summed E-state index contributed by atoms with van der Waals surface area (Å²) >= 11 is 0. The van der Waals surface area contributed by atoms with E-state index in [0.717, 1.165) is 19.0 Å². The smallest absolute Gasteiger partial charge is 0.387 e. The Morgan fingerprint density at radius 2 is 2.23 bits per heavy atom. The van der Waals surface area contributed by atoms with E-state index >= 15 is 0 Å². The Bertz CT molecular complexity index is 908. The second-order valence-corrected chi connectivity index (χ2v) is 6.94. The average molecular weight is 421 g/mol. The number of nitrogens with zero attached hydrogens (tertiary/aromatic N) is 2. The lowest BCUT2D eigenvalue weighted by molar-refractivity contribution is -0.0500. The van der Waals surface area contributed by atoms with Crippen molar-refractivity contribution < 1.29 is 27.4 Å². The van der Waals surface area contributed by atoms with E-state index < -0.39 is 23.9 Å². The zero-order valence-corrected chi connectivity index (χ0v) is 16.4. The molecule has 0 bridgehead atoms. The molecule has 1 aliphatic rings. The lowest BCUT2D eigenvalue weighted by Gasteiger charge is -2.41. The molecule has 9 heteroatoms. The van der Waals surface area contributed by atoms with Crippen LogP contribution in [0.15, 0.2) is 41.5 Å². The number of pyridine rings is 1. The Hall–Kier alpha value is -2.94. The van der Waals surface area contributed by atoms with E-state index in [2.05, 4.69) is 26.7 Å². The molecule has 1 saturated heterocycles. The summed E-state index contributed by atoms with van der Waals surface area (Å²) in [6.45, 7) is 3.48. The van der Waals surface area contributed by atoms with Gasteiger partial charge in [0.1, 0.15) is 22.8 Å². The molecule has 3 rings (SSSR count). The van der Waals surface area contributed by atoms with Gasteiger partial charge in [-0.25, -0.2) is 9.37 Å². The molecule has 160 valence electrons. The van der Waals surface area contributed by atoms with E-state index in [-0.39, 0.29) is 24.0 Å². The molecule has 2 atom stereocenters. The molecule has 1 aromatic heterocycles. The maximum Gasteiger partial charge on any atom is 0.387 e. The van der Waals surface area contributed by atoms with Gasteiger partial charge in [0.15, 0.2) is 0 Å². The van der Waals surface area contributed by atoms with Crippen molar-refractivity contribution in [3.63, 3.8) is 0 Å². The van der Waals surface area contributed by atoms with E-state index in [1.54, 1.807) is 0 Å². The maximum absolute atomic E-state index is 14.8. The van der Waals surface area contributed by atoms with Gasteiger partial charge in [0, 0.05) is 17.9 Å². The Labute approximate surface area is 172 Å². The van der Waals surface area contributed by atoms with Crippen molar-refractivity contribution in [2.24, 2.45) is 10.9 Å². The highest BCUT2D eigenvalue weighted by atomic mass is 19.3. The van der Waals surface area contributed by atoms with Gasteiger partial charge in [-0.1, -0.05) is 13.3 Å². The van der Waals surface area contributed by atoms with Crippen LogP contribution in [-0.4, -0.2) is 37.4 Å². The van der Waals surface area contributed by atoms with Crippen LogP contribution in [0.5, 0.6) is 5.75 Å². The van der Waals surface area contributed by atoms with Crippen molar-refractivity contribution in [3.05, 3.63) is 53.6 Å². The highest BCUT2D eigenvalue weighted by molar-refractivity contribution is 6.02. The minimum absolute atomic E-state index is 0.00788. The number of rotatable bonds is 7. The number of hydrogen-bond acceptors (Lipinski definition) is 5. The molecule has 6 nitrogen and oxygen atoms in total. The number of aromatic nitrogens is 1. The predicted molar refractivity (Wildman–Crippen MR) is 106 cm³/mol. The number of nitrogens with one attached hydrogen (secondary N) is 1. The Morgan fingerprint density at radius 1 is 1.43 bits per heavy atom. The van der Waals surface area contributed by atoms with E-state index in [0.29, 0.717) is 17.9 Å². The number of anilines is 1. The first-order valence-corrected chi connectivity index (χ1v) is 9.47. The van der Waals surface area contributed by atoms with Gasteiger partial charge in [-0.2, -0.15) is 8.78 Å². The van der Waals surface area contributed by atoms with Gasteiger partial charge in [0.2, 0.25) is 0 Å². The summed E-state index contributed by atoms with van der Waals surface area (Å²) in [5.74, 6) is -1.15. The van der Waals surface area contributed by atoms with Crippen molar-refractivity contribution in [2.45, 2.75) is 31.9 Å². The number of alkyl halides is 2. The summed E-state index contributed by atoms with van der Waals surface area (Å²) in [5.41, 5.74) is -0.304. The van der Waals surface area contributed by atoms with E-state index in [4.69, 9.17) is 4.74 Å². The number of carbonyl (C=O) groups is 1. The van der Waals surface area contributed by atoms with Crippen molar-refractivity contribution in [1.29, 1.82) is 0 Å². The zero-order valence-electron chi connectivity index (χ0n) is 16.4. The number of carbonyl (C=O) groups excluding carboxylic acids is 1. The minimum atomic E-state index is -2.98. The quantitative estimate of drug-likeness (QED) is 0.672.